The van der Waals surface area contributed by atoms with Crippen molar-refractivity contribution in [1.82, 2.24) is 20.3 Å². The summed E-state index contributed by atoms with van der Waals surface area (Å²) in [7, 11) is 0. The van der Waals surface area contributed by atoms with Gasteiger partial charge in [0.2, 0.25) is 5.95 Å². The maximum Gasteiger partial charge on any atom is 0.490 e. The van der Waals surface area contributed by atoms with Gasteiger partial charge in [0.1, 0.15) is 18.0 Å². The van der Waals surface area contributed by atoms with Gasteiger partial charge in [0, 0.05) is 17.8 Å². The van der Waals surface area contributed by atoms with Crippen LogP contribution in [0, 0.1) is 5.92 Å². The number of halogens is 6. The van der Waals surface area contributed by atoms with Crippen LogP contribution in [0.5, 0.6) is 0 Å². The number of hydrogen-bond donors (Lipinski definition) is 5. The van der Waals surface area contributed by atoms with Gasteiger partial charge in [-0.15, -0.1) is 0 Å². The molecule has 9 nitrogen and oxygen atoms in total. The van der Waals surface area contributed by atoms with Gasteiger partial charge >= 0.3 is 18.3 Å². The Morgan fingerprint density at radius 2 is 1.80 bits per heavy atom. The van der Waals surface area contributed by atoms with E-state index in [1.807, 2.05) is 12.2 Å². The Morgan fingerprint density at radius 1 is 1.12 bits per heavy atom. The number of hydrogen-bond acceptors (Lipinski definition) is 6. The number of amides is 1. The Bertz CT molecular complexity index is 1230. The largest absolute Gasteiger partial charge is 0.490 e. The average Bonchev–Trinajstić information content (AvgIpc) is 3.36. The van der Waals surface area contributed by atoms with E-state index < -0.39 is 24.9 Å². The van der Waals surface area contributed by atoms with Crippen LogP contribution in [0.25, 0.3) is 11.0 Å². The quantitative estimate of drug-likeness (QED) is 0.282. The van der Waals surface area contributed by atoms with Crippen molar-refractivity contribution < 1.29 is 41.0 Å². The topological polar surface area (TPSA) is 132 Å². The summed E-state index contributed by atoms with van der Waals surface area (Å²) in [4.78, 5) is 33.0. The maximum absolute atomic E-state index is 12.7. The van der Waals surface area contributed by atoms with Crippen LogP contribution in [0.4, 0.5) is 38.1 Å². The molecular weight excluding hydrogens is 546 g/mol. The Kier molecular flexibility index (Phi) is 10.0. The highest BCUT2D eigenvalue weighted by molar-refractivity contribution is 5.96. The lowest BCUT2D eigenvalue weighted by atomic mass is 9.84. The zero-order valence-corrected chi connectivity index (χ0v) is 21.5. The molecule has 1 fully saturated rings. The van der Waals surface area contributed by atoms with Crippen molar-refractivity contribution in [3.8, 4) is 0 Å². The van der Waals surface area contributed by atoms with E-state index in [0.717, 1.165) is 12.8 Å². The second-order valence-corrected chi connectivity index (χ2v) is 9.57. The summed E-state index contributed by atoms with van der Waals surface area (Å²) < 4.78 is 69.7. The van der Waals surface area contributed by atoms with Gasteiger partial charge < -0.3 is 26.0 Å². The van der Waals surface area contributed by atoms with E-state index in [0.29, 0.717) is 28.9 Å². The molecule has 0 spiro atoms. The number of carbonyl (C=O) groups is 2. The van der Waals surface area contributed by atoms with Crippen LogP contribution in [0.1, 0.15) is 45.4 Å². The molecule has 2 atom stereocenters. The third kappa shape index (κ3) is 9.16. The molecule has 2 aliphatic carbocycles. The molecule has 2 aromatic rings. The van der Waals surface area contributed by atoms with Gasteiger partial charge in [0.05, 0.1) is 11.4 Å². The minimum Gasteiger partial charge on any atom is -0.475 e. The number of aliphatic carboxylic acids is 1. The van der Waals surface area contributed by atoms with E-state index in [4.69, 9.17) is 9.90 Å². The van der Waals surface area contributed by atoms with Gasteiger partial charge in [-0.3, -0.25) is 4.79 Å². The number of carboxylic acids is 1. The molecular formula is C25H30F6N6O3. The number of nitrogens with zero attached hydrogens (tertiary/aromatic N) is 2. The van der Waals surface area contributed by atoms with Crippen LogP contribution in [0.3, 0.4) is 0 Å². The Morgan fingerprint density at radius 3 is 2.38 bits per heavy atom. The van der Waals surface area contributed by atoms with Crippen LogP contribution in [0.15, 0.2) is 36.1 Å². The molecule has 0 aliphatic heterocycles. The van der Waals surface area contributed by atoms with Crippen molar-refractivity contribution in [1.29, 1.82) is 0 Å². The number of fused-ring (bicyclic) bond motifs is 1. The van der Waals surface area contributed by atoms with Crippen molar-refractivity contribution in [3.05, 3.63) is 36.1 Å². The molecule has 5 N–H and O–H groups in total. The van der Waals surface area contributed by atoms with Crippen molar-refractivity contribution in [2.24, 2.45) is 5.92 Å². The maximum atomic E-state index is 12.7. The zero-order chi connectivity index (χ0) is 29.5. The lowest BCUT2D eigenvalue weighted by Gasteiger charge is -2.28. The summed E-state index contributed by atoms with van der Waals surface area (Å²) in [5.41, 5.74) is 1.05. The summed E-state index contributed by atoms with van der Waals surface area (Å²) in [6, 6.07) is 1.59. The van der Waals surface area contributed by atoms with Crippen molar-refractivity contribution in [3.63, 3.8) is 0 Å². The molecule has 220 valence electrons. The van der Waals surface area contributed by atoms with E-state index in [1.165, 1.54) is 19.3 Å². The number of nitrogens with one attached hydrogen (secondary N) is 4. The molecule has 1 unspecified atom stereocenters. The van der Waals surface area contributed by atoms with Gasteiger partial charge in [0.15, 0.2) is 0 Å². The van der Waals surface area contributed by atoms with E-state index in [1.54, 1.807) is 18.3 Å². The van der Waals surface area contributed by atoms with Gasteiger partial charge in [-0.25, -0.2) is 4.79 Å². The Hall–Kier alpha value is -3.78. The van der Waals surface area contributed by atoms with Crippen LogP contribution in [-0.4, -0.2) is 62.9 Å². The normalized spacial score (nSPS) is 18.8. The van der Waals surface area contributed by atoms with Crippen LogP contribution in [-0.2, 0) is 9.59 Å². The number of carbonyl (C=O) groups excluding carboxylic acids is 1. The van der Waals surface area contributed by atoms with Crippen LogP contribution >= 0.6 is 0 Å². The van der Waals surface area contributed by atoms with Crippen molar-refractivity contribution >= 4 is 34.7 Å². The zero-order valence-electron chi connectivity index (χ0n) is 21.5. The number of carboxylic acid groups (broad SMARTS) is 1. The van der Waals surface area contributed by atoms with Gasteiger partial charge in [-0.05, 0) is 38.2 Å². The molecule has 0 bridgehead atoms. The fraction of sp³-hybridized carbons (Fsp3) is 0.520. The van der Waals surface area contributed by atoms with E-state index in [9.17, 15) is 31.1 Å². The smallest absolute Gasteiger partial charge is 0.475 e. The number of H-pyrrole nitrogens is 1. The molecule has 0 saturated heterocycles. The monoisotopic (exact) mass is 576 g/mol. The van der Waals surface area contributed by atoms with E-state index in [-0.39, 0.29) is 29.8 Å². The third-order valence-corrected chi connectivity index (χ3v) is 6.51. The SMILES string of the molecule is C[C@H](NC(=O)C1=CCC(Nc2nc(NCC(F)(F)F)c3cc[nH]c3n2)C=C1)C1CCCCC1.O=C(O)C(F)(F)F. The Labute approximate surface area is 225 Å². The molecule has 1 saturated carbocycles. The third-order valence-electron chi connectivity index (χ3n) is 6.51. The van der Waals surface area contributed by atoms with Gasteiger partial charge in [-0.2, -0.15) is 36.3 Å². The lowest BCUT2D eigenvalue weighted by molar-refractivity contribution is -0.192. The van der Waals surface area contributed by atoms with Crippen LogP contribution < -0.4 is 16.0 Å². The molecule has 15 heteroatoms. The molecule has 1 amide bonds. The van der Waals surface area contributed by atoms with Crippen molar-refractivity contribution in [2.45, 2.75) is 69.9 Å². The number of aromatic nitrogens is 3. The summed E-state index contributed by atoms with van der Waals surface area (Å²) in [6.45, 7) is 0.886. The highest BCUT2D eigenvalue weighted by Gasteiger charge is 2.38. The van der Waals surface area contributed by atoms with Crippen LogP contribution in [0.2, 0.25) is 0 Å². The fourth-order valence-corrected chi connectivity index (χ4v) is 4.43. The lowest BCUT2D eigenvalue weighted by Crippen LogP contribution is -2.39. The number of rotatable bonds is 7. The fourth-order valence-electron chi connectivity index (χ4n) is 4.43. The first-order valence-corrected chi connectivity index (χ1v) is 12.6. The predicted octanol–water partition coefficient (Wildman–Crippen LogP) is 5.32. The first-order chi connectivity index (χ1) is 18.7. The van der Waals surface area contributed by atoms with Crippen molar-refractivity contribution in [2.75, 3.05) is 17.2 Å². The van der Waals surface area contributed by atoms with Gasteiger partial charge in [-0.1, -0.05) is 37.5 Å². The first kappa shape index (κ1) is 30.8. The molecule has 0 radical (unpaired) electrons. The predicted molar refractivity (Wildman–Crippen MR) is 136 cm³/mol. The summed E-state index contributed by atoms with van der Waals surface area (Å²) >= 11 is 0. The summed E-state index contributed by atoms with van der Waals surface area (Å²) in [5.74, 6) is -1.99. The van der Waals surface area contributed by atoms with E-state index >= 15 is 0 Å². The van der Waals surface area contributed by atoms with E-state index in [2.05, 4.69) is 37.8 Å². The highest BCUT2D eigenvalue weighted by atomic mass is 19.4. The highest BCUT2D eigenvalue weighted by Crippen LogP contribution is 2.27. The molecule has 2 heterocycles. The summed E-state index contributed by atoms with van der Waals surface area (Å²) in [5, 5.41) is 16.2. The molecule has 4 rings (SSSR count). The summed E-state index contributed by atoms with van der Waals surface area (Å²) in [6.07, 6.45) is 4.22. The standard InChI is InChI=1S/C23H29F3N6O.C2HF3O2/c1-14(15-5-3-2-4-6-15)29-21(33)16-7-9-17(10-8-16)30-22-31-19-18(11-12-27-19)20(32-22)28-13-23(24,25)26;3-2(4,5)1(6)7/h7-9,11-12,14-15,17H,2-6,10,13H2,1H3,(H,29,33)(H3,27,28,30,31,32);(H,6,7)/t14-,17?;/m0./s1. The minimum atomic E-state index is -5.08. The number of anilines is 2. The van der Waals surface area contributed by atoms with Gasteiger partial charge in [0.25, 0.3) is 5.91 Å². The molecule has 2 aliphatic rings. The molecule has 2 aromatic heterocycles. The Balaban J connectivity index is 0.000000559. The number of alkyl halides is 6. The molecule has 0 aromatic carbocycles. The number of aromatic amines is 1. The first-order valence-electron chi connectivity index (χ1n) is 12.6. The second-order valence-electron chi connectivity index (χ2n) is 9.57. The average molecular weight is 577 g/mol. The molecule has 40 heavy (non-hydrogen) atoms. The second kappa shape index (κ2) is 13.0. The minimum absolute atomic E-state index is 0.0783.